The van der Waals surface area contributed by atoms with Gasteiger partial charge in [-0.2, -0.15) is 0 Å². The minimum absolute atomic E-state index is 0.0644. The fourth-order valence-corrected chi connectivity index (χ4v) is 4.17. The lowest BCUT2D eigenvalue weighted by Crippen LogP contribution is -2.30. The second-order valence-electron chi connectivity index (χ2n) is 8.12. The van der Waals surface area contributed by atoms with Crippen molar-refractivity contribution in [2.45, 2.75) is 45.0 Å². The number of aliphatic hydroxyl groups excluding tert-OH is 1. The Morgan fingerprint density at radius 1 is 1.22 bits per heavy atom. The number of ether oxygens (including phenoxy) is 3. The number of benzene rings is 1. The predicted octanol–water partition coefficient (Wildman–Crippen LogP) is 0.807. The summed E-state index contributed by atoms with van der Waals surface area (Å²) in [5, 5.41) is 22.4. The van der Waals surface area contributed by atoms with E-state index in [0.717, 1.165) is 24.8 Å². The number of hydrogen-bond donors (Lipinski definition) is 2. The highest BCUT2D eigenvalue weighted by Crippen LogP contribution is 2.35. The van der Waals surface area contributed by atoms with Crippen LogP contribution in [0.5, 0.6) is 11.5 Å². The van der Waals surface area contributed by atoms with Gasteiger partial charge in [0.15, 0.2) is 17.3 Å². The number of aromatic amines is 1. The molecule has 0 aliphatic carbocycles. The summed E-state index contributed by atoms with van der Waals surface area (Å²) in [5.41, 5.74) is 1.15. The van der Waals surface area contributed by atoms with Gasteiger partial charge >= 0.3 is 0 Å². The van der Waals surface area contributed by atoms with Crippen LogP contribution < -0.4 is 15.0 Å². The van der Waals surface area contributed by atoms with Gasteiger partial charge in [-0.15, -0.1) is 5.10 Å². The van der Waals surface area contributed by atoms with E-state index in [1.807, 2.05) is 12.1 Å². The molecule has 11 heteroatoms. The third-order valence-electron chi connectivity index (χ3n) is 5.81. The maximum atomic E-state index is 12.8. The average Bonchev–Trinajstić information content (AvgIpc) is 3.54. The minimum Gasteiger partial charge on any atom is -0.454 e. The normalized spacial score (nSPS) is 17.6. The van der Waals surface area contributed by atoms with Gasteiger partial charge in [-0.25, -0.2) is 4.68 Å². The van der Waals surface area contributed by atoms with Crippen molar-refractivity contribution < 1.29 is 19.3 Å². The van der Waals surface area contributed by atoms with E-state index in [1.165, 1.54) is 0 Å². The molecule has 2 aliphatic rings. The molecule has 0 radical (unpaired) electrons. The lowest BCUT2D eigenvalue weighted by Gasteiger charge is -2.21. The van der Waals surface area contributed by atoms with Crippen LogP contribution in [0.4, 0.5) is 0 Å². The Hall–Kier alpha value is -3.02. The van der Waals surface area contributed by atoms with Crippen LogP contribution in [0.1, 0.15) is 30.7 Å². The lowest BCUT2D eigenvalue weighted by molar-refractivity contribution is 0.0915. The highest BCUT2D eigenvalue weighted by atomic mass is 16.7. The highest BCUT2D eigenvalue weighted by molar-refractivity contribution is 5.83. The fourth-order valence-electron chi connectivity index (χ4n) is 4.17. The standard InChI is InChI=1S/C21H26N6O5/c28-5-2-4-26(12-20-23-24-25-27(20)11-16-3-1-6-30-16)10-15-7-14-8-18-19(32-13-31-18)9-17(14)22-21(15)29/h7-9,16,28H,1-6,10-13H2,(H,22,29). The van der Waals surface area contributed by atoms with E-state index < -0.39 is 0 Å². The van der Waals surface area contributed by atoms with E-state index in [9.17, 15) is 9.90 Å². The number of fused-ring (bicyclic) bond motifs is 2. The van der Waals surface area contributed by atoms with Crippen molar-refractivity contribution in [3.63, 3.8) is 0 Å². The molecule has 170 valence electrons. The Balaban J connectivity index is 1.36. The quantitative estimate of drug-likeness (QED) is 0.495. The number of rotatable bonds is 9. The first kappa shape index (κ1) is 20.9. The third kappa shape index (κ3) is 4.45. The molecule has 1 atom stereocenters. The molecular weight excluding hydrogens is 416 g/mol. The number of hydrogen-bond acceptors (Lipinski definition) is 9. The first-order valence-electron chi connectivity index (χ1n) is 10.8. The van der Waals surface area contributed by atoms with E-state index in [0.29, 0.717) is 61.0 Å². The number of aromatic nitrogens is 5. The van der Waals surface area contributed by atoms with Crippen LogP contribution in [0.25, 0.3) is 10.9 Å². The van der Waals surface area contributed by atoms with Gasteiger partial charge in [0.25, 0.3) is 5.56 Å². The Bertz CT molecular complexity index is 1140. The second kappa shape index (κ2) is 9.23. The first-order chi connectivity index (χ1) is 15.7. The lowest BCUT2D eigenvalue weighted by atomic mass is 10.1. The summed E-state index contributed by atoms with van der Waals surface area (Å²) in [6.07, 6.45) is 2.76. The molecule has 2 N–H and O–H groups in total. The molecule has 0 amide bonds. The average molecular weight is 442 g/mol. The minimum atomic E-state index is -0.163. The largest absolute Gasteiger partial charge is 0.454 e. The molecule has 0 bridgehead atoms. The van der Waals surface area contributed by atoms with Crippen molar-refractivity contribution in [3.8, 4) is 11.5 Å². The van der Waals surface area contributed by atoms with Crippen LogP contribution in [-0.4, -0.2) is 67.9 Å². The zero-order chi connectivity index (χ0) is 21.9. The molecule has 3 aromatic rings. The number of tetrazole rings is 1. The van der Waals surface area contributed by atoms with Gasteiger partial charge in [0.2, 0.25) is 6.79 Å². The third-order valence-corrected chi connectivity index (χ3v) is 5.81. The number of nitrogens with zero attached hydrogens (tertiary/aromatic N) is 5. The van der Waals surface area contributed by atoms with Gasteiger partial charge in [0.05, 0.1) is 24.7 Å². The number of H-pyrrole nitrogens is 1. The molecule has 1 unspecified atom stereocenters. The van der Waals surface area contributed by atoms with Crippen molar-refractivity contribution >= 4 is 10.9 Å². The van der Waals surface area contributed by atoms with Crippen molar-refractivity contribution in [1.82, 2.24) is 30.1 Å². The van der Waals surface area contributed by atoms with E-state index in [2.05, 4.69) is 25.4 Å². The van der Waals surface area contributed by atoms with Crippen molar-refractivity contribution in [1.29, 1.82) is 0 Å². The number of pyridine rings is 1. The van der Waals surface area contributed by atoms with Crippen LogP contribution in [-0.2, 0) is 24.4 Å². The smallest absolute Gasteiger partial charge is 0.252 e. The maximum absolute atomic E-state index is 12.8. The summed E-state index contributed by atoms with van der Waals surface area (Å²) in [4.78, 5) is 17.8. The van der Waals surface area contributed by atoms with E-state index in [1.54, 1.807) is 10.7 Å². The van der Waals surface area contributed by atoms with Crippen molar-refractivity contribution in [2.75, 3.05) is 26.6 Å². The number of aliphatic hydroxyl groups is 1. The molecule has 4 heterocycles. The molecule has 1 fully saturated rings. The summed E-state index contributed by atoms with van der Waals surface area (Å²) in [6.45, 7) is 3.08. The van der Waals surface area contributed by atoms with Gasteiger partial charge in [-0.05, 0) is 41.8 Å². The van der Waals surface area contributed by atoms with E-state index >= 15 is 0 Å². The Labute approximate surface area is 183 Å². The molecule has 0 spiro atoms. The summed E-state index contributed by atoms with van der Waals surface area (Å²) >= 11 is 0. The van der Waals surface area contributed by atoms with Crippen molar-refractivity contribution in [2.24, 2.45) is 0 Å². The van der Waals surface area contributed by atoms with E-state index in [-0.39, 0.29) is 25.1 Å². The molecule has 2 aromatic heterocycles. The van der Waals surface area contributed by atoms with Gasteiger partial charge in [0.1, 0.15) is 0 Å². The summed E-state index contributed by atoms with van der Waals surface area (Å²) < 4.78 is 18.3. The molecule has 2 aliphatic heterocycles. The molecular formula is C21H26N6O5. The zero-order valence-corrected chi connectivity index (χ0v) is 17.7. The van der Waals surface area contributed by atoms with E-state index in [4.69, 9.17) is 14.2 Å². The first-order valence-corrected chi connectivity index (χ1v) is 10.8. The van der Waals surface area contributed by atoms with Crippen LogP contribution in [0.2, 0.25) is 0 Å². The van der Waals surface area contributed by atoms with Crippen molar-refractivity contribution in [3.05, 3.63) is 39.9 Å². The summed E-state index contributed by atoms with van der Waals surface area (Å²) in [5.74, 6) is 2.00. The van der Waals surface area contributed by atoms with Gasteiger partial charge in [-0.1, -0.05) is 0 Å². The van der Waals surface area contributed by atoms with Crippen LogP contribution in [0, 0.1) is 0 Å². The Morgan fingerprint density at radius 2 is 2.09 bits per heavy atom. The van der Waals surface area contributed by atoms with Crippen LogP contribution >= 0.6 is 0 Å². The van der Waals surface area contributed by atoms with Gasteiger partial charge in [0, 0.05) is 43.3 Å². The molecule has 32 heavy (non-hydrogen) atoms. The SMILES string of the molecule is O=c1[nH]c2cc3c(cc2cc1CN(CCCO)Cc1nnnn1CC1CCCO1)OCO3. The Kier molecular flexibility index (Phi) is 6.02. The summed E-state index contributed by atoms with van der Waals surface area (Å²) in [6, 6.07) is 5.53. The molecule has 1 saturated heterocycles. The second-order valence-corrected chi connectivity index (χ2v) is 8.12. The van der Waals surface area contributed by atoms with Gasteiger partial charge < -0.3 is 24.3 Å². The van der Waals surface area contributed by atoms with Crippen LogP contribution in [0.3, 0.4) is 0 Å². The Morgan fingerprint density at radius 3 is 2.91 bits per heavy atom. The molecule has 0 saturated carbocycles. The topological polar surface area (TPSA) is 128 Å². The highest BCUT2D eigenvalue weighted by Gasteiger charge is 2.21. The summed E-state index contributed by atoms with van der Waals surface area (Å²) in [7, 11) is 0. The molecule has 5 rings (SSSR count). The molecule has 11 nitrogen and oxygen atoms in total. The van der Waals surface area contributed by atoms with Crippen LogP contribution in [0.15, 0.2) is 23.0 Å². The zero-order valence-electron chi connectivity index (χ0n) is 17.7. The number of nitrogens with one attached hydrogen (secondary N) is 1. The molecule has 1 aromatic carbocycles. The predicted molar refractivity (Wildman–Crippen MR) is 113 cm³/mol. The fraction of sp³-hybridized carbons (Fsp3) is 0.524. The monoisotopic (exact) mass is 442 g/mol. The van der Waals surface area contributed by atoms with Gasteiger partial charge in [-0.3, -0.25) is 9.69 Å². The maximum Gasteiger partial charge on any atom is 0.252 e.